The van der Waals surface area contributed by atoms with Crippen LogP contribution in [-0.4, -0.2) is 62.6 Å². The Bertz CT molecular complexity index is 785. The summed E-state index contributed by atoms with van der Waals surface area (Å²) in [7, 11) is 4.09. The number of aliphatic hydroxyl groups is 1. The molecule has 5 nitrogen and oxygen atoms in total. The first kappa shape index (κ1) is 22.6. The molecule has 2 aromatic carbocycles. The molecule has 1 N–H and O–H groups in total. The van der Waals surface area contributed by atoms with Gasteiger partial charge in [-0.2, -0.15) is 0 Å². The second kappa shape index (κ2) is 10.8. The number of rotatable bonds is 10. The van der Waals surface area contributed by atoms with E-state index in [-0.39, 0.29) is 12.7 Å². The third-order valence-electron chi connectivity index (χ3n) is 5.80. The van der Waals surface area contributed by atoms with Crippen molar-refractivity contribution in [1.29, 1.82) is 0 Å². The molecule has 2 atom stereocenters. The number of ether oxygens (including phenoxy) is 2. The maximum Gasteiger partial charge on any atom is 0.122 e. The molecule has 2 unspecified atom stereocenters. The molecule has 0 bridgehead atoms. The molecule has 2 aromatic rings. The fourth-order valence-corrected chi connectivity index (χ4v) is 3.85. The normalized spacial score (nSPS) is 17.3. The minimum Gasteiger partial charge on any atom is -0.491 e. The summed E-state index contributed by atoms with van der Waals surface area (Å²) < 4.78 is 11.8. The predicted octanol–water partition coefficient (Wildman–Crippen LogP) is 3.79. The molecule has 0 spiro atoms. The predicted molar refractivity (Wildman–Crippen MR) is 122 cm³/mol. The highest BCUT2D eigenvalue weighted by molar-refractivity contribution is 5.46. The Balaban J connectivity index is 1.60. The maximum atomic E-state index is 10.7. The van der Waals surface area contributed by atoms with Crippen LogP contribution in [0, 0.1) is 13.8 Å². The van der Waals surface area contributed by atoms with Gasteiger partial charge in [-0.3, -0.25) is 4.90 Å². The molecule has 1 aliphatic heterocycles. The van der Waals surface area contributed by atoms with Gasteiger partial charge in [0.15, 0.2) is 0 Å². The molecule has 1 aliphatic rings. The standard InChI is InChI=1S/C25H36N2O3/c1-19-7-5-9-25(20(19)2)30-18-23(28)16-27(17-24-8-6-14-29-24)15-21-10-12-22(13-11-21)26(3)4/h5,7,9-13,23-24,28H,6,8,14-18H2,1-4H3. The fourth-order valence-electron chi connectivity index (χ4n) is 3.85. The van der Waals surface area contributed by atoms with E-state index in [1.807, 2.05) is 26.2 Å². The van der Waals surface area contributed by atoms with E-state index in [0.29, 0.717) is 6.54 Å². The lowest BCUT2D eigenvalue weighted by Gasteiger charge is -2.28. The summed E-state index contributed by atoms with van der Waals surface area (Å²) in [6.45, 7) is 7.42. The first-order valence-corrected chi connectivity index (χ1v) is 10.9. The lowest BCUT2D eigenvalue weighted by atomic mass is 10.1. The maximum absolute atomic E-state index is 10.7. The van der Waals surface area contributed by atoms with Crippen molar-refractivity contribution in [2.75, 3.05) is 45.3 Å². The van der Waals surface area contributed by atoms with E-state index in [4.69, 9.17) is 9.47 Å². The van der Waals surface area contributed by atoms with Crippen LogP contribution < -0.4 is 9.64 Å². The van der Waals surface area contributed by atoms with E-state index in [0.717, 1.165) is 43.9 Å². The van der Waals surface area contributed by atoms with Gasteiger partial charge in [0.1, 0.15) is 18.5 Å². The fraction of sp³-hybridized carbons (Fsp3) is 0.520. The van der Waals surface area contributed by atoms with E-state index >= 15 is 0 Å². The number of hydrogen-bond acceptors (Lipinski definition) is 5. The average Bonchev–Trinajstić information content (AvgIpc) is 3.22. The summed E-state index contributed by atoms with van der Waals surface area (Å²) in [4.78, 5) is 4.39. The molecule has 0 aliphatic carbocycles. The quantitative estimate of drug-likeness (QED) is 0.643. The van der Waals surface area contributed by atoms with Gasteiger partial charge in [-0.05, 0) is 61.6 Å². The Kier molecular flexibility index (Phi) is 8.14. The minimum atomic E-state index is -0.563. The van der Waals surface area contributed by atoms with Gasteiger partial charge in [-0.25, -0.2) is 0 Å². The van der Waals surface area contributed by atoms with E-state index in [1.165, 1.54) is 16.8 Å². The van der Waals surface area contributed by atoms with E-state index in [2.05, 4.69) is 54.0 Å². The Hall–Kier alpha value is -2.08. The van der Waals surface area contributed by atoms with Crippen LogP contribution in [-0.2, 0) is 11.3 Å². The third-order valence-corrected chi connectivity index (χ3v) is 5.80. The Morgan fingerprint density at radius 1 is 1.13 bits per heavy atom. The number of aryl methyl sites for hydroxylation is 1. The second-order valence-corrected chi connectivity index (χ2v) is 8.55. The number of nitrogens with zero attached hydrogens (tertiary/aromatic N) is 2. The largest absolute Gasteiger partial charge is 0.491 e. The summed E-state index contributed by atoms with van der Waals surface area (Å²) in [6, 6.07) is 14.6. The number of benzene rings is 2. The highest BCUT2D eigenvalue weighted by Gasteiger charge is 2.21. The van der Waals surface area contributed by atoms with E-state index in [1.54, 1.807) is 0 Å². The number of anilines is 1. The summed E-state index contributed by atoms with van der Waals surface area (Å²) in [5.41, 5.74) is 4.75. The van der Waals surface area contributed by atoms with Gasteiger partial charge in [0.25, 0.3) is 0 Å². The molecular formula is C25H36N2O3. The Morgan fingerprint density at radius 3 is 2.57 bits per heavy atom. The van der Waals surface area contributed by atoms with Gasteiger partial charge in [0, 0.05) is 46.0 Å². The molecule has 3 rings (SSSR count). The van der Waals surface area contributed by atoms with Crippen LogP contribution in [0.5, 0.6) is 5.75 Å². The molecule has 0 saturated carbocycles. The molecule has 1 heterocycles. The Labute approximate surface area is 181 Å². The molecule has 0 radical (unpaired) electrons. The van der Waals surface area contributed by atoms with Crippen LogP contribution in [0.25, 0.3) is 0 Å². The highest BCUT2D eigenvalue weighted by Crippen LogP contribution is 2.21. The molecule has 0 amide bonds. The third kappa shape index (κ3) is 6.46. The zero-order valence-corrected chi connectivity index (χ0v) is 18.8. The molecule has 30 heavy (non-hydrogen) atoms. The van der Waals surface area contributed by atoms with Crippen molar-refractivity contribution in [3.63, 3.8) is 0 Å². The van der Waals surface area contributed by atoms with Crippen LogP contribution in [0.4, 0.5) is 5.69 Å². The molecule has 1 saturated heterocycles. The molecule has 164 valence electrons. The van der Waals surface area contributed by atoms with E-state index in [9.17, 15) is 5.11 Å². The van der Waals surface area contributed by atoms with E-state index < -0.39 is 6.10 Å². The summed E-state index contributed by atoms with van der Waals surface area (Å²) >= 11 is 0. The van der Waals surface area contributed by atoms with Crippen molar-refractivity contribution in [1.82, 2.24) is 4.90 Å². The molecule has 0 aromatic heterocycles. The zero-order chi connectivity index (χ0) is 21.5. The average molecular weight is 413 g/mol. The molecule has 1 fully saturated rings. The summed E-state index contributed by atoms with van der Waals surface area (Å²) in [6.07, 6.45) is 1.89. The van der Waals surface area contributed by atoms with Crippen molar-refractivity contribution in [3.8, 4) is 5.75 Å². The Morgan fingerprint density at radius 2 is 1.90 bits per heavy atom. The zero-order valence-electron chi connectivity index (χ0n) is 18.8. The van der Waals surface area contributed by atoms with Gasteiger partial charge in [-0.1, -0.05) is 24.3 Å². The SMILES string of the molecule is Cc1cccc(OCC(O)CN(Cc2ccc(N(C)C)cc2)CC2CCCO2)c1C. The number of hydrogen-bond donors (Lipinski definition) is 1. The minimum absolute atomic E-state index is 0.248. The monoisotopic (exact) mass is 412 g/mol. The highest BCUT2D eigenvalue weighted by atomic mass is 16.5. The van der Waals surface area contributed by atoms with Gasteiger partial charge in [-0.15, -0.1) is 0 Å². The van der Waals surface area contributed by atoms with Gasteiger partial charge < -0.3 is 19.5 Å². The smallest absolute Gasteiger partial charge is 0.122 e. The summed E-state index contributed by atoms with van der Waals surface area (Å²) in [5.74, 6) is 0.846. The van der Waals surface area contributed by atoms with Crippen LogP contribution in [0.3, 0.4) is 0 Å². The van der Waals surface area contributed by atoms with Crippen molar-refractivity contribution in [2.24, 2.45) is 0 Å². The van der Waals surface area contributed by atoms with Gasteiger partial charge >= 0.3 is 0 Å². The van der Waals surface area contributed by atoms with Crippen molar-refractivity contribution in [2.45, 2.75) is 45.4 Å². The van der Waals surface area contributed by atoms with Gasteiger partial charge in [0.2, 0.25) is 0 Å². The lowest BCUT2D eigenvalue weighted by molar-refractivity contribution is 0.0312. The molecular weight excluding hydrogens is 376 g/mol. The first-order valence-electron chi connectivity index (χ1n) is 10.9. The van der Waals surface area contributed by atoms with Crippen molar-refractivity contribution < 1.29 is 14.6 Å². The number of aliphatic hydroxyl groups excluding tert-OH is 1. The second-order valence-electron chi connectivity index (χ2n) is 8.55. The first-order chi connectivity index (χ1) is 14.4. The van der Waals surface area contributed by atoms with Crippen LogP contribution >= 0.6 is 0 Å². The van der Waals surface area contributed by atoms with Crippen molar-refractivity contribution >= 4 is 5.69 Å². The van der Waals surface area contributed by atoms with Gasteiger partial charge in [0.05, 0.1) is 6.10 Å². The molecule has 5 heteroatoms. The van der Waals surface area contributed by atoms with Crippen LogP contribution in [0.2, 0.25) is 0 Å². The van der Waals surface area contributed by atoms with Crippen LogP contribution in [0.1, 0.15) is 29.5 Å². The topological polar surface area (TPSA) is 45.2 Å². The van der Waals surface area contributed by atoms with Crippen molar-refractivity contribution in [3.05, 3.63) is 59.2 Å². The van der Waals surface area contributed by atoms with Crippen LogP contribution in [0.15, 0.2) is 42.5 Å². The summed E-state index contributed by atoms with van der Waals surface area (Å²) in [5, 5.41) is 10.7. The lowest BCUT2D eigenvalue weighted by Crippen LogP contribution is -2.39.